The minimum Gasteiger partial charge on any atom is -0.497 e. The van der Waals surface area contributed by atoms with Crippen molar-refractivity contribution < 1.29 is 9.53 Å². The molecule has 1 saturated heterocycles. The van der Waals surface area contributed by atoms with Crippen molar-refractivity contribution in [2.45, 2.75) is 32.2 Å². The van der Waals surface area contributed by atoms with Crippen LogP contribution in [0, 0.1) is 0 Å². The molecule has 2 aromatic heterocycles. The van der Waals surface area contributed by atoms with Crippen LogP contribution in [0.5, 0.6) is 5.75 Å². The summed E-state index contributed by atoms with van der Waals surface area (Å²) in [5.74, 6) is 1.99. The Morgan fingerprint density at radius 2 is 1.77 bits per heavy atom. The number of pyridine rings is 2. The number of nitrogens with zero attached hydrogens (tertiary/aromatic N) is 4. The van der Waals surface area contributed by atoms with Crippen LogP contribution in [0.4, 0.5) is 5.82 Å². The van der Waals surface area contributed by atoms with Crippen LogP contribution < -0.4 is 15.0 Å². The maximum absolute atomic E-state index is 12.1. The standard InChI is InChI=1S/C28H35N5O2/c1-35-25-12-10-23(11-13-25)21-31-27(34)9-3-2-4-16-32-17-19-33(20-18-32)28-26(8-6-15-30-28)24-7-5-14-29-22-24/h5-8,10-15,22H,2-4,9,16-21H2,1H3,(H,31,34). The summed E-state index contributed by atoms with van der Waals surface area (Å²) in [6, 6.07) is 15.9. The lowest BCUT2D eigenvalue weighted by Gasteiger charge is -2.36. The van der Waals surface area contributed by atoms with Crippen molar-refractivity contribution in [3.05, 3.63) is 72.7 Å². The molecular weight excluding hydrogens is 438 g/mol. The number of carbonyl (C=O) groups is 1. The summed E-state index contributed by atoms with van der Waals surface area (Å²) < 4.78 is 5.16. The molecule has 0 radical (unpaired) electrons. The average molecular weight is 474 g/mol. The van der Waals surface area contributed by atoms with Crippen molar-refractivity contribution in [1.29, 1.82) is 0 Å². The zero-order chi connectivity index (χ0) is 24.3. The predicted octanol–water partition coefficient (Wildman–Crippen LogP) is 4.15. The lowest BCUT2D eigenvalue weighted by Crippen LogP contribution is -2.47. The first-order valence-electron chi connectivity index (χ1n) is 12.5. The number of anilines is 1. The Morgan fingerprint density at radius 3 is 2.51 bits per heavy atom. The zero-order valence-electron chi connectivity index (χ0n) is 20.5. The number of rotatable bonds is 11. The van der Waals surface area contributed by atoms with Crippen molar-refractivity contribution in [2.24, 2.45) is 0 Å². The fourth-order valence-corrected chi connectivity index (χ4v) is 4.41. The summed E-state index contributed by atoms with van der Waals surface area (Å²) in [5, 5.41) is 3.01. The van der Waals surface area contributed by atoms with E-state index in [2.05, 4.69) is 37.2 Å². The van der Waals surface area contributed by atoms with Gasteiger partial charge in [0.05, 0.1) is 7.11 Å². The molecule has 0 aliphatic carbocycles. The molecule has 0 atom stereocenters. The van der Waals surface area contributed by atoms with Gasteiger partial charge in [0.1, 0.15) is 11.6 Å². The first kappa shape index (κ1) is 24.7. The van der Waals surface area contributed by atoms with Crippen LogP contribution in [0.2, 0.25) is 0 Å². The Balaban J connectivity index is 1.12. The summed E-state index contributed by atoms with van der Waals surface area (Å²) in [7, 11) is 1.65. The zero-order valence-corrected chi connectivity index (χ0v) is 20.5. The Bertz CT molecular complexity index is 1050. The van der Waals surface area contributed by atoms with Crippen LogP contribution in [0.15, 0.2) is 67.1 Å². The number of nitrogens with one attached hydrogen (secondary N) is 1. The number of methoxy groups -OCH3 is 1. The van der Waals surface area contributed by atoms with Gasteiger partial charge in [-0.3, -0.25) is 14.7 Å². The van der Waals surface area contributed by atoms with E-state index in [4.69, 9.17) is 4.74 Å². The van der Waals surface area contributed by atoms with Gasteiger partial charge in [-0.25, -0.2) is 4.98 Å². The largest absolute Gasteiger partial charge is 0.497 e. The van der Waals surface area contributed by atoms with E-state index in [1.165, 1.54) is 0 Å². The van der Waals surface area contributed by atoms with Gasteiger partial charge in [0.2, 0.25) is 5.91 Å². The number of unbranched alkanes of at least 4 members (excludes halogenated alkanes) is 2. The second-order valence-corrected chi connectivity index (χ2v) is 8.88. The Kier molecular flexibility index (Phi) is 9.06. The average Bonchev–Trinajstić information content (AvgIpc) is 2.93. The molecule has 1 N–H and O–H groups in total. The van der Waals surface area contributed by atoms with E-state index in [-0.39, 0.29) is 5.91 Å². The number of piperazine rings is 1. The molecule has 4 rings (SSSR count). The van der Waals surface area contributed by atoms with Gasteiger partial charge >= 0.3 is 0 Å². The summed E-state index contributed by atoms with van der Waals surface area (Å²) in [6.07, 6.45) is 9.27. The number of ether oxygens (including phenoxy) is 1. The number of hydrogen-bond acceptors (Lipinski definition) is 6. The van der Waals surface area contributed by atoms with Crippen LogP contribution in [-0.4, -0.2) is 60.6 Å². The maximum atomic E-state index is 12.1. The van der Waals surface area contributed by atoms with Crippen LogP contribution >= 0.6 is 0 Å². The lowest BCUT2D eigenvalue weighted by molar-refractivity contribution is -0.121. The minimum absolute atomic E-state index is 0.120. The van der Waals surface area contributed by atoms with E-state index in [1.807, 2.05) is 48.8 Å². The second-order valence-electron chi connectivity index (χ2n) is 8.88. The first-order chi connectivity index (χ1) is 17.2. The number of benzene rings is 1. The van der Waals surface area contributed by atoms with Crippen molar-refractivity contribution >= 4 is 11.7 Å². The molecular formula is C28H35N5O2. The molecule has 7 heteroatoms. The van der Waals surface area contributed by atoms with Gasteiger partial charge in [-0.1, -0.05) is 24.6 Å². The molecule has 3 aromatic rings. The molecule has 3 heterocycles. The third-order valence-corrected chi connectivity index (χ3v) is 6.46. The van der Waals surface area contributed by atoms with Gasteiger partial charge in [0.15, 0.2) is 0 Å². The fraction of sp³-hybridized carbons (Fsp3) is 0.393. The fourth-order valence-electron chi connectivity index (χ4n) is 4.41. The van der Waals surface area contributed by atoms with Gasteiger partial charge < -0.3 is 15.0 Å². The normalized spacial score (nSPS) is 14.0. The highest BCUT2D eigenvalue weighted by molar-refractivity contribution is 5.76. The molecule has 1 amide bonds. The van der Waals surface area contributed by atoms with Gasteiger partial charge in [-0.15, -0.1) is 0 Å². The van der Waals surface area contributed by atoms with Gasteiger partial charge in [0.25, 0.3) is 0 Å². The maximum Gasteiger partial charge on any atom is 0.220 e. The van der Waals surface area contributed by atoms with Gasteiger partial charge in [-0.05, 0) is 55.3 Å². The first-order valence-corrected chi connectivity index (χ1v) is 12.5. The smallest absolute Gasteiger partial charge is 0.220 e. The van der Waals surface area contributed by atoms with E-state index in [0.717, 1.165) is 80.2 Å². The molecule has 0 spiro atoms. The van der Waals surface area contributed by atoms with Crippen LogP contribution in [-0.2, 0) is 11.3 Å². The molecule has 35 heavy (non-hydrogen) atoms. The molecule has 0 saturated carbocycles. The van der Waals surface area contributed by atoms with Gasteiger partial charge in [0, 0.05) is 68.9 Å². The molecule has 1 fully saturated rings. The Morgan fingerprint density at radius 1 is 0.971 bits per heavy atom. The van der Waals surface area contributed by atoms with Crippen molar-refractivity contribution in [3.63, 3.8) is 0 Å². The summed E-state index contributed by atoms with van der Waals surface area (Å²) >= 11 is 0. The third-order valence-electron chi connectivity index (χ3n) is 6.46. The van der Waals surface area contributed by atoms with E-state index in [1.54, 1.807) is 13.3 Å². The topological polar surface area (TPSA) is 70.6 Å². The minimum atomic E-state index is 0.120. The highest BCUT2D eigenvalue weighted by Gasteiger charge is 2.20. The van der Waals surface area contributed by atoms with Crippen LogP contribution in [0.3, 0.4) is 0 Å². The number of hydrogen-bond donors (Lipinski definition) is 1. The monoisotopic (exact) mass is 473 g/mol. The van der Waals surface area contributed by atoms with E-state index >= 15 is 0 Å². The Labute approximate surface area is 208 Å². The molecule has 0 unspecified atom stereocenters. The van der Waals surface area contributed by atoms with E-state index < -0.39 is 0 Å². The van der Waals surface area contributed by atoms with Crippen LogP contribution in [0.25, 0.3) is 11.1 Å². The number of amides is 1. The van der Waals surface area contributed by atoms with E-state index in [9.17, 15) is 4.79 Å². The summed E-state index contributed by atoms with van der Waals surface area (Å²) in [4.78, 5) is 26.0. The quantitative estimate of drug-likeness (QED) is 0.422. The molecule has 1 aliphatic rings. The highest BCUT2D eigenvalue weighted by Crippen LogP contribution is 2.28. The predicted molar refractivity (Wildman–Crippen MR) is 139 cm³/mol. The molecule has 1 aromatic carbocycles. The number of aromatic nitrogens is 2. The SMILES string of the molecule is COc1ccc(CNC(=O)CCCCCN2CCN(c3ncccc3-c3cccnc3)CC2)cc1. The summed E-state index contributed by atoms with van der Waals surface area (Å²) in [6.45, 7) is 5.65. The number of carbonyl (C=O) groups excluding carboxylic acids is 1. The summed E-state index contributed by atoms with van der Waals surface area (Å²) in [5.41, 5.74) is 3.32. The Hall–Kier alpha value is -3.45. The van der Waals surface area contributed by atoms with Crippen molar-refractivity contribution in [1.82, 2.24) is 20.2 Å². The third kappa shape index (κ3) is 7.26. The highest BCUT2D eigenvalue weighted by atomic mass is 16.5. The van der Waals surface area contributed by atoms with E-state index in [0.29, 0.717) is 13.0 Å². The molecule has 7 nitrogen and oxygen atoms in total. The van der Waals surface area contributed by atoms with Crippen molar-refractivity contribution in [2.75, 3.05) is 44.7 Å². The van der Waals surface area contributed by atoms with Crippen molar-refractivity contribution in [3.8, 4) is 16.9 Å². The molecule has 1 aliphatic heterocycles. The van der Waals surface area contributed by atoms with Crippen LogP contribution in [0.1, 0.15) is 31.2 Å². The molecule has 0 bridgehead atoms. The molecule has 184 valence electrons. The lowest BCUT2D eigenvalue weighted by atomic mass is 10.1. The second kappa shape index (κ2) is 12.9. The van der Waals surface area contributed by atoms with Gasteiger partial charge in [-0.2, -0.15) is 0 Å².